The van der Waals surface area contributed by atoms with Gasteiger partial charge in [-0.2, -0.15) is 0 Å². The van der Waals surface area contributed by atoms with Crippen LogP contribution in [0.4, 0.5) is 5.69 Å². The first-order valence-electron chi connectivity index (χ1n) is 13.6. The summed E-state index contributed by atoms with van der Waals surface area (Å²) in [6.07, 6.45) is 0.975. The monoisotopic (exact) mass is 574 g/mol. The number of benzene rings is 4. The Bertz CT molecular complexity index is 1450. The van der Waals surface area contributed by atoms with Crippen LogP contribution < -0.4 is 9.64 Å². The van der Waals surface area contributed by atoms with Crippen molar-refractivity contribution in [3.63, 3.8) is 0 Å². The lowest BCUT2D eigenvalue weighted by atomic mass is 9.97. The SMILES string of the molecule is CCOC(=O)c1ccc(N2CCN(CCc3ccccc3-c3ccc(Cl)cc3)CC2)cc1Oc1ccccc1Cl. The normalized spacial score (nSPS) is 13.7. The van der Waals surface area contributed by atoms with Crippen LogP contribution in [0, 0.1) is 0 Å². The van der Waals surface area contributed by atoms with Gasteiger partial charge in [0.05, 0.1) is 11.6 Å². The van der Waals surface area contributed by atoms with Crippen molar-refractivity contribution in [3.8, 4) is 22.6 Å². The molecule has 5 nitrogen and oxygen atoms in total. The summed E-state index contributed by atoms with van der Waals surface area (Å²) in [6, 6.07) is 29.5. The number of para-hydroxylation sites is 1. The minimum Gasteiger partial charge on any atom is -0.462 e. The van der Waals surface area contributed by atoms with Gasteiger partial charge in [-0.05, 0) is 66.4 Å². The number of halogens is 2. The zero-order valence-corrected chi connectivity index (χ0v) is 24.0. The Hall–Kier alpha value is -3.51. The molecular formula is C33H32Cl2N2O3. The van der Waals surface area contributed by atoms with Crippen LogP contribution in [0.3, 0.4) is 0 Å². The molecule has 7 heteroatoms. The number of hydrogen-bond donors (Lipinski definition) is 0. The lowest BCUT2D eigenvalue weighted by Crippen LogP contribution is -2.47. The predicted molar refractivity (Wildman–Crippen MR) is 163 cm³/mol. The summed E-state index contributed by atoms with van der Waals surface area (Å²) in [7, 11) is 0. The maximum Gasteiger partial charge on any atom is 0.341 e. The van der Waals surface area contributed by atoms with E-state index in [-0.39, 0.29) is 6.61 Å². The lowest BCUT2D eigenvalue weighted by molar-refractivity contribution is 0.0523. The van der Waals surface area contributed by atoms with E-state index in [0.717, 1.165) is 49.9 Å². The highest BCUT2D eigenvalue weighted by Crippen LogP contribution is 2.34. The summed E-state index contributed by atoms with van der Waals surface area (Å²) >= 11 is 12.4. The Labute approximate surface area is 245 Å². The first-order valence-corrected chi connectivity index (χ1v) is 14.3. The number of piperazine rings is 1. The highest BCUT2D eigenvalue weighted by atomic mass is 35.5. The average molecular weight is 576 g/mol. The summed E-state index contributed by atoms with van der Waals surface area (Å²) in [5, 5.41) is 1.23. The van der Waals surface area contributed by atoms with Gasteiger partial charge in [0.2, 0.25) is 0 Å². The minimum atomic E-state index is -0.417. The van der Waals surface area contributed by atoms with Gasteiger partial charge in [-0.1, -0.05) is 71.7 Å². The Kier molecular flexibility index (Phi) is 9.27. The van der Waals surface area contributed by atoms with Gasteiger partial charge >= 0.3 is 5.97 Å². The number of ether oxygens (including phenoxy) is 2. The Morgan fingerprint density at radius 1 is 0.825 bits per heavy atom. The number of esters is 1. The molecule has 0 amide bonds. The fraction of sp³-hybridized carbons (Fsp3) is 0.242. The Morgan fingerprint density at radius 2 is 1.55 bits per heavy atom. The first-order chi connectivity index (χ1) is 19.5. The van der Waals surface area contributed by atoms with Crippen molar-refractivity contribution in [2.45, 2.75) is 13.3 Å². The standard InChI is InChI=1S/C33H32Cl2N2O3/c1-2-39-33(38)29-16-15-27(23-32(29)40-31-10-6-5-9-30(31)35)37-21-19-36(20-22-37)18-17-24-7-3-4-8-28(24)25-11-13-26(34)14-12-25/h3-16,23H,2,17-22H2,1H3. The van der Waals surface area contributed by atoms with Gasteiger partial charge in [-0.15, -0.1) is 0 Å². The van der Waals surface area contributed by atoms with Gasteiger partial charge in [0.15, 0.2) is 0 Å². The summed E-state index contributed by atoms with van der Waals surface area (Å²) in [4.78, 5) is 17.5. The molecule has 0 radical (unpaired) electrons. The molecular weight excluding hydrogens is 543 g/mol. The molecule has 0 N–H and O–H groups in total. The second kappa shape index (κ2) is 13.2. The number of anilines is 1. The molecule has 1 aliphatic rings. The Morgan fingerprint density at radius 3 is 2.30 bits per heavy atom. The van der Waals surface area contributed by atoms with Crippen LogP contribution in [-0.2, 0) is 11.2 Å². The topological polar surface area (TPSA) is 42.0 Å². The molecule has 0 unspecified atom stereocenters. The van der Waals surface area contributed by atoms with Crippen LogP contribution in [0.5, 0.6) is 11.5 Å². The molecule has 1 saturated heterocycles. The second-order valence-electron chi connectivity index (χ2n) is 9.68. The fourth-order valence-electron chi connectivity index (χ4n) is 4.97. The molecule has 4 aromatic carbocycles. The quantitative estimate of drug-likeness (QED) is 0.189. The fourth-order valence-corrected chi connectivity index (χ4v) is 5.27. The summed E-state index contributed by atoms with van der Waals surface area (Å²) in [6.45, 7) is 6.72. The van der Waals surface area contributed by atoms with Crippen molar-refractivity contribution in [1.29, 1.82) is 0 Å². The van der Waals surface area contributed by atoms with E-state index in [1.54, 1.807) is 25.1 Å². The van der Waals surface area contributed by atoms with Crippen molar-refractivity contribution in [2.24, 2.45) is 0 Å². The molecule has 0 atom stereocenters. The molecule has 1 fully saturated rings. The number of rotatable bonds is 9. The van der Waals surface area contributed by atoms with Crippen molar-refractivity contribution in [1.82, 2.24) is 4.90 Å². The van der Waals surface area contributed by atoms with Crippen LogP contribution in [0.2, 0.25) is 10.0 Å². The predicted octanol–water partition coefficient (Wildman–Crippen LogP) is 7.99. The van der Waals surface area contributed by atoms with Gasteiger partial charge in [0.25, 0.3) is 0 Å². The molecule has 0 aromatic heterocycles. The molecule has 0 spiro atoms. The molecule has 0 bridgehead atoms. The Balaban J connectivity index is 1.25. The number of hydrogen-bond acceptors (Lipinski definition) is 5. The van der Waals surface area contributed by atoms with E-state index >= 15 is 0 Å². The van der Waals surface area contributed by atoms with Crippen LogP contribution >= 0.6 is 23.2 Å². The van der Waals surface area contributed by atoms with E-state index in [1.807, 2.05) is 36.4 Å². The van der Waals surface area contributed by atoms with Crippen molar-refractivity contribution < 1.29 is 14.3 Å². The number of carbonyl (C=O) groups is 1. The van der Waals surface area contributed by atoms with Gasteiger partial charge in [-0.3, -0.25) is 4.90 Å². The van der Waals surface area contributed by atoms with Crippen LogP contribution in [0.25, 0.3) is 11.1 Å². The highest BCUT2D eigenvalue weighted by Gasteiger charge is 2.21. The van der Waals surface area contributed by atoms with E-state index in [9.17, 15) is 4.79 Å². The molecule has 1 heterocycles. The zero-order valence-electron chi connectivity index (χ0n) is 22.5. The van der Waals surface area contributed by atoms with Crippen LogP contribution in [0.1, 0.15) is 22.8 Å². The smallest absolute Gasteiger partial charge is 0.341 e. The van der Waals surface area contributed by atoms with E-state index in [1.165, 1.54) is 16.7 Å². The van der Waals surface area contributed by atoms with E-state index < -0.39 is 5.97 Å². The lowest BCUT2D eigenvalue weighted by Gasteiger charge is -2.36. The molecule has 206 valence electrons. The maximum atomic E-state index is 12.6. The zero-order chi connectivity index (χ0) is 27.9. The summed E-state index contributed by atoms with van der Waals surface area (Å²) in [5.41, 5.74) is 5.16. The first kappa shape index (κ1) is 28.0. The maximum absolute atomic E-state index is 12.6. The van der Waals surface area contributed by atoms with Gasteiger partial charge in [0, 0.05) is 49.5 Å². The van der Waals surface area contributed by atoms with Crippen LogP contribution in [0.15, 0.2) is 91.0 Å². The van der Waals surface area contributed by atoms with Crippen molar-refractivity contribution >= 4 is 34.9 Å². The summed E-state index contributed by atoms with van der Waals surface area (Å²) < 4.78 is 11.4. The van der Waals surface area contributed by atoms with Crippen molar-refractivity contribution in [2.75, 3.05) is 44.2 Å². The van der Waals surface area contributed by atoms with Gasteiger partial charge < -0.3 is 14.4 Å². The molecule has 0 aliphatic carbocycles. The molecule has 0 saturated carbocycles. The average Bonchev–Trinajstić information content (AvgIpc) is 2.98. The van der Waals surface area contributed by atoms with Crippen molar-refractivity contribution in [3.05, 3.63) is 112 Å². The van der Waals surface area contributed by atoms with E-state index in [2.05, 4.69) is 46.2 Å². The van der Waals surface area contributed by atoms with Gasteiger partial charge in [-0.25, -0.2) is 4.79 Å². The van der Waals surface area contributed by atoms with Crippen LogP contribution in [-0.4, -0.2) is 50.2 Å². The second-order valence-corrected chi connectivity index (χ2v) is 10.5. The molecule has 5 rings (SSSR count). The molecule has 4 aromatic rings. The highest BCUT2D eigenvalue weighted by molar-refractivity contribution is 6.32. The van der Waals surface area contributed by atoms with Gasteiger partial charge in [0.1, 0.15) is 17.1 Å². The van der Waals surface area contributed by atoms with E-state index in [0.29, 0.717) is 22.1 Å². The minimum absolute atomic E-state index is 0.290. The molecule has 40 heavy (non-hydrogen) atoms. The number of carbonyl (C=O) groups excluding carboxylic acids is 1. The third-order valence-electron chi connectivity index (χ3n) is 7.12. The third-order valence-corrected chi connectivity index (χ3v) is 7.69. The third kappa shape index (κ3) is 6.79. The molecule has 1 aliphatic heterocycles. The largest absolute Gasteiger partial charge is 0.462 e. The van der Waals surface area contributed by atoms with E-state index in [4.69, 9.17) is 32.7 Å². The number of nitrogens with zero attached hydrogens (tertiary/aromatic N) is 2. The summed E-state index contributed by atoms with van der Waals surface area (Å²) in [5.74, 6) is 0.514.